The molecule has 1 heterocycles. The van der Waals surface area contributed by atoms with Crippen molar-refractivity contribution in [3.63, 3.8) is 0 Å². The Bertz CT molecular complexity index is 528. The predicted octanol–water partition coefficient (Wildman–Crippen LogP) is 3.24. The van der Waals surface area contributed by atoms with E-state index in [0.29, 0.717) is 16.1 Å². The van der Waals surface area contributed by atoms with Crippen molar-refractivity contribution < 1.29 is 9.52 Å². The summed E-state index contributed by atoms with van der Waals surface area (Å²) < 4.78 is 5.25. The first-order valence-electron chi connectivity index (χ1n) is 5.01. The first-order valence-corrected chi connectivity index (χ1v) is 6.21. The molecule has 0 saturated carbocycles. The van der Waals surface area contributed by atoms with Crippen LogP contribution in [0.5, 0.6) is 0 Å². The third-order valence-electron chi connectivity index (χ3n) is 2.14. The number of aromatic nitrogens is 2. The van der Waals surface area contributed by atoms with Crippen LogP contribution in [0.3, 0.4) is 0 Å². The monoisotopic (exact) mass is 270 g/mol. The first kappa shape index (κ1) is 12.4. The maximum absolute atomic E-state index is 9.43. The molecular weight excluding hydrogens is 260 g/mol. The highest BCUT2D eigenvalue weighted by molar-refractivity contribution is 7.99. The molecule has 0 aliphatic heterocycles. The van der Waals surface area contributed by atoms with Gasteiger partial charge in [0.2, 0.25) is 5.89 Å². The van der Waals surface area contributed by atoms with E-state index in [2.05, 4.69) is 10.2 Å². The number of rotatable bonds is 3. The standard InChI is InChI=1S/C11H11ClN2O2S/c1-6(15)8-3-4-10(9(12)5-8)17-11-14-13-7(2)16-11/h3-6,15H,1-2H3/t6-/m1/s1. The number of benzene rings is 1. The van der Waals surface area contributed by atoms with E-state index < -0.39 is 6.10 Å². The molecule has 0 aliphatic rings. The van der Waals surface area contributed by atoms with Crippen molar-refractivity contribution in [2.24, 2.45) is 0 Å². The van der Waals surface area contributed by atoms with E-state index in [-0.39, 0.29) is 0 Å². The van der Waals surface area contributed by atoms with Gasteiger partial charge in [0.15, 0.2) is 0 Å². The van der Waals surface area contributed by atoms with Gasteiger partial charge in [-0.1, -0.05) is 17.7 Å². The number of halogens is 1. The van der Waals surface area contributed by atoms with E-state index >= 15 is 0 Å². The van der Waals surface area contributed by atoms with Crippen molar-refractivity contribution in [1.82, 2.24) is 10.2 Å². The molecule has 0 unspecified atom stereocenters. The third kappa shape index (κ3) is 3.00. The van der Waals surface area contributed by atoms with Gasteiger partial charge in [0.05, 0.1) is 11.1 Å². The lowest BCUT2D eigenvalue weighted by Gasteiger charge is -2.07. The lowest BCUT2D eigenvalue weighted by atomic mass is 10.1. The quantitative estimate of drug-likeness (QED) is 0.928. The molecule has 2 aromatic rings. The average molecular weight is 271 g/mol. The molecule has 0 saturated heterocycles. The summed E-state index contributed by atoms with van der Waals surface area (Å²) in [5, 5.41) is 18.1. The predicted molar refractivity (Wildman–Crippen MR) is 65.2 cm³/mol. The summed E-state index contributed by atoms with van der Waals surface area (Å²) in [6, 6.07) is 5.38. The fourth-order valence-corrected chi connectivity index (χ4v) is 2.30. The van der Waals surface area contributed by atoms with Crippen molar-refractivity contribution in [3.8, 4) is 0 Å². The van der Waals surface area contributed by atoms with E-state index in [4.69, 9.17) is 16.0 Å². The fraction of sp³-hybridized carbons (Fsp3) is 0.273. The molecule has 90 valence electrons. The van der Waals surface area contributed by atoms with Gasteiger partial charge in [0, 0.05) is 11.8 Å². The van der Waals surface area contributed by atoms with Gasteiger partial charge < -0.3 is 9.52 Å². The van der Waals surface area contributed by atoms with Crippen molar-refractivity contribution in [2.45, 2.75) is 30.1 Å². The third-order valence-corrected chi connectivity index (χ3v) is 3.48. The minimum Gasteiger partial charge on any atom is -0.416 e. The molecule has 1 atom stereocenters. The van der Waals surface area contributed by atoms with Crippen LogP contribution in [0, 0.1) is 6.92 Å². The molecule has 4 nitrogen and oxygen atoms in total. The highest BCUT2D eigenvalue weighted by Crippen LogP contribution is 2.33. The minimum atomic E-state index is -0.530. The van der Waals surface area contributed by atoms with Gasteiger partial charge >= 0.3 is 0 Å². The fourth-order valence-electron chi connectivity index (χ4n) is 1.27. The number of aliphatic hydroxyl groups excluding tert-OH is 1. The molecule has 1 N–H and O–H groups in total. The second-order valence-corrected chi connectivity index (χ2v) is 4.96. The molecule has 6 heteroatoms. The maximum atomic E-state index is 9.43. The van der Waals surface area contributed by atoms with Crippen LogP contribution in [0.4, 0.5) is 0 Å². The Hall–Kier alpha value is -1.04. The Morgan fingerprint density at radius 2 is 2.18 bits per heavy atom. The van der Waals surface area contributed by atoms with Crippen LogP contribution < -0.4 is 0 Å². The SMILES string of the molecule is Cc1nnc(Sc2ccc([C@@H](C)O)cc2Cl)o1. The Labute approximate surface area is 108 Å². The highest BCUT2D eigenvalue weighted by atomic mass is 35.5. The van der Waals surface area contributed by atoms with Gasteiger partial charge in [0.1, 0.15) is 0 Å². The Morgan fingerprint density at radius 3 is 2.71 bits per heavy atom. The number of hydrogen-bond donors (Lipinski definition) is 1. The molecule has 0 bridgehead atoms. The largest absolute Gasteiger partial charge is 0.416 e. The van der Waals surface area contributed by atoms with Crippen LogP contribution >= 0.6 is 23.4 Å². The number of hydrogen-bond acceptors (Lipinski definition) is 5. The lowest BCUT2D eigenvalue weighted by Crippen LogP contribution is -1.90. The normalized spacial score (nSPS) is 12.7. The van der Waals surface area contributed by atoms with Gasteiger partial charge in [-0.05, 0) is 36.4 Å². The molecule has 0 fully saturated rings. The highest BCUT2D eigenvalue weighted by Gasteiger charge is 2.10. The number of aryl methyl sites for hydroxylation is 1. The van der Waals surface area contributed by atoms with Crippen LogP contribution in [0.25, 0.3) is 0 Å². The summed E-state index contributed by atoms with van der Waals surface area (Å²) in [5.41, 5.74) is 0.779. The van der Waals surface area contributed by atoms with Crippen molar-refractivity contribution in [3.05, 3.63) is 34.7 Å². The number of aliphatic hydroxyl groups is 1. The van der Waals surface area contributed by atoms with E-state index in [1.54, 1.807) is 19.9 Å². The zero-order valence-electron chi connectivity index (χ0n) is 9.35. The van der Waals surface area contributed by atoms with Gasteiger partial charge in [-0.2, -0.15) is 0 Å². The molecule has 0 aliphatic carbocycles. The average Bonchev–Trinajstić information content (AvgIpc) is 2.67. The molecule has 1 aromatic carbocycles. The van der Waals surface area contributed by atoms with Gasteiger partial charge in [0.25, 0.3) is 5.22 Å². The van der Waals surface area contributed by atoms with Gasteiger partial charge in [-0.25, -0.2) is 0 Å². The van der Waals surface area contributed by atoms with Crippen LogP contribution in [0.2, 0.25) is 5.02 Å². The summed E-state index contributed by atoms with van der Waals surface area (Å²) in [6.45, 7) is 3.43. The van der Waals surface area contributed by atoms with Crippen LogP contribution in [-0.2, 0) is 0 Å². The molecular formula is C11H11ClN2O2S. The molecule has 0 spiro atoms. The molecule has 2 rings (SSSR count). The van der Waals surface area contributed by atoms with E-state index in [0.717, 1.165) is 10.5 Å². The second-order valence-electron chi connectivity index (χ2n) is 3.55. The van der Waals surface area contributed by atoms with Crippen LogP contribution in [-0.4, -0.2) is 15.3 Å². The van der Waals surface area contributed by atoms with E-state index in [1.165, 1.54) is 11.8 Å². The summed E-state index contributed by atoms with van der Waals surface area (Å²) in [7, 11) is 0. The summed E-state index contributed by atoms with van der Waals surface area (Å²) in [5.74, 6) is 0.518. The zero-order valence-corrected chi connectivity index (χ0v) is 10.9. The van der Waals surface area contributed by atoms with Gasteiger partial charge in [-0.3, -0.25) is 0 Å². The zero-order chi connectivity index (χ0) is 12.4. The first-order chi connectivity index (χ1) is 8.06. The van der Waals surface area contributed by atoms with E-state index in [9.17, 15) is 5.11 Å². The Balaban J connectivity index is 2.22. The van der Waals surface area contributed by atoms with E-state index in [1.807, 2.05) is 12.1 Å². The van der Waals surface area contributed by atoms with Crippen LogP contribution in [0.15, 0.2) is 32.7 Å². The smallest absolute Gasteiger partial charge is 0.281 e. The number of nitrogens with zero attached hydrogens (tertiary/aromatic N) is 2. The lowest BCUT2D eigenvalue weighted by molar-refractivity contribution is 0.199. The summed E-state index contributed by atoms with van der Waals surface area (Å²) in [4.78, 5) is 0.819. The maximum Gasteiger partial charge on any atom is 0.281 e. The van der Waals surface area contributed by atoms with Gasteiger partial charge in [-0.15, -0.1) is 10.2 Å². The van der Waals surface area contributed by atoms with Crippen molar-refractivity contribution in [2.75, 3.05) is 0 Å². The summed E-state index contributed by atoms with van der Waals surface area (Å²) >= 11 is 7.41. The van der Waals surface area contributed by atoms with Crippen molar-refractivity contribution in [1.29, 1.82) is 0 Å². The second kappa shape index (κ2) is 5.08. The molecule has 0 radical (unpaired) electrons. The molecule has 1 aromatic heterocycles. The van der Waals surface area contributed by atoms with Crippen LogP contribution in [0.1, 0.15) is 24.5 Å². The topological polar surface area (TPSA) is 59.2 Å². The van der Waals surface area contributed by atoms with Crippen molar-refractivity contribution >= 4 is 23.4 Å². The molecule has 0 amide bonds. The molecule has 17 heavy (non-hydrogen) atoms. The Kier molecular flexibility index (Phi) is 3.71. The Morgan fingerprint density at radius 1 is 1.41 bits per heavy atom. The minimum absolute atomic E-state index is 0.453. The summed E-state index contributed by atoms with van der Waals surface area (Å²) in [6.07, 6.45) is -0.530.